The van der Waals surface area contributed by atoms with Gasteiger partial charge < -0.3 is 18.9 Å². The predicted octanol–water partition coefficient (Wildman–Crippen LogP) is 5.04. The van der Waals surface area contributed by atoms with E-state index in [1.165, 1.54) is 5.30 Å². The fourth-order valence-electron chi connectivity index (χ4n) is 3.40. The first-order valence-electron chi connectivity index (χ1n) is 10.9. The summed E-state index contributed by atoms with van der Waals surface area (Å²) < 4.78 is 23.8. The van der Waals surface area contributed by atoms with Crippen molar-refractivity contribution in [3.8, 4) is 23.0 Å². The fourth-order valence-corrected chi connectivity index (χ4v) is 5.91. The number of hydrogen-bond acceptors (Lipinski definition) is 4. The molecule has 0 heterocycles. The van der Waals surface area contributed by atoms with Gasteiger partial charge in [0.25, 0.3) is 0 Å². The molecule has 0 saturated carbocycles. The van der Waals surface area contributed by atoms with Crippen LogP contribution in [0.3, 0.4) is 0 Å². The van der Waals surface area contributed by atoms with Gasteiger partial charge in [-0.3, -0.25) is 0 Å². The van der Waals surface area contributed by atoms with Crippen LogP contribution < -0.4 is 34.9 Å². The molecule has 0 unspecified atom stereocenters. The Kier molecular flexibility index (Phi) is 8.61. The smallest absolute Gasteiger partial charge is 0.127 e. The van der Waals surface area contributed by atoms with Gasteiger partial charge in [-0.15, -0.1) is 0 Å². The van der Waals surface area contributed by atoms with Crippen molar-refractivity contribution >= 4 is 23.8 Å². The van der Waals surface area contributed by atoms with Crippen LogP contribution in [0.5, 0.6) is 23.0 Å². The molecule has 0 spiro atoms. The molecule has 0 amide bonds. The van der Waals surface area contributed by atoms with Gasteiger partial charge in [-0.05, 0) is 77.3 Å². The monoisotopic (exact) mass is 438 g/mol. The van der Waals surface area contributed by atoms with Crippen LogP contribution in [0, 0.1) is 0 Å². The van der Waals surface area contributed by atoms with E-state index in [9.17, 15) is 0 Å². The zero-order valence-electron chi connectivity index (χ0n) is 18.8. The summed E-state index contributed by atoms with van der Waals surface area (Å²) in [5.41, 5.74) is 0. The summed E-state index contributed by atoms with van der Waals surface area (Å²) in [5.74, 6) is 3.40. The number of ether oxygens (including phenoxy) is 4. The lowest BCUT2D eigenvalue weighted by Gasteiger charge is -2.25. The summed E-state index contributed by atoms with van der Waals surface area (Å²) in [7, 11) is -0.975. The zero-order chi connectivity index (χ0) is 22.1. The predicted molar refractivity (Wildman–Crippen MR) is 130 cm³/mol. The molecule has 0 aliphatic carbocycles. The van der Waals surface area contributed by atoms with Crippen molar-refractivity contribution in [2.24, 2.45) is 0 Å². The third kappa shape index (κ3) is 5.71. The Morgan fingerprint density at radius 1 is 0.548 bits per heavy atom. The zero-order valence-corrected chi connectivity index (χ0v) is 19.7. The summed E-state index contributed by atoms with van der Waals surface area (Å²) >= 11 is 0. The van der Waals surface area contributed by atoms with Crippen molar-refractivity contribution < 1.29 is 18.9 Å². The normalized spacial score (nSPS) is 10.7. The molecular formula is C26H31O4P. The van der Waals surface area contributed by atoms with Crippen molar-refractivity contribution in [1.82, 2.24) is 0 Å². The lowest BCUT2D eigenvalue weighted by Crippen LogP contribution is -2.24. The Bertz CT molecular complexity index is 899. The molecule has 0 fully saturated rings. The van der Waals surface area contributed by atoms with Gasteiger partial charge in [-0.25, -0.2) is 0 Å². The van der Waals surface area contributed by atoms with Crippen molar-refractivity contribution in [1.29, 1.82) is 0 Å². The topological polar surface area (TPSA) is 36.9 Å². The van der Waals surface area contributed by atoms with E-state index in [0.29, 0.717) is 26.4 Å². The Balaban J connectivity index is 2.26. The molecule has 4 nitrogen and oxygen atoms in total. The van der Waals surface area contributed by atoms with E-state index in [-0.39, 0.29) is 0 Å². The van der Waals surface area contributed by atoms with Gasteiger partial charge in [0, 0.05) is 10.6 Å². The number of rotatable bonds is 11. The average Bonchev–Trinajstić information content (AvgIpc) is 2.79. The summed E-state index contributed by atoms with van der Waals surface area (Å²) in [6.45, 7) is 10.4. The van der Waals surface area contributed by atoms with E-state index in [1.807, 2.05) is 58.0 Å². The maximum absolute atomic E-state index is 6.06. The van der Waals surface area contributed by atoms with E-state index >= 15 is 0 Å². The third-order valence-electron chi connectivity index (χ3n) is 4.58. The largest absolute Gasteiger partial charge is 0.494 e. The van der Waals surface area contributed by atoms with Crippen LogP contribution in [0.4, 0.5) is 0 Å². The van der Waals surface area contributed by atoms with Crippen LogP contribution in [0.15, 0.2) is 66.7 Å². The van der Waals surface area contributed by atoms with Gasteiger partial charge in [0.15, 0.2) is 0 Å². The molecule has 0 radical (unpaired) electrons. The summed E-state index contributed by atoms with van der Waals surface area (Å²) in [4.78, 5) is 0. The number of hydrogen-bond donors (Lipinski definition) is 0. The molecule has 0 aromatic heterocycles. The van der Waals surface area contributed by atoms with E-state index in [4.69, 9.17) is 18.9 Å². The van der Waals surface area contributed by atoms with Crippen LogP contribution in [0.25, 0.3) is 0 Å². The first kappa shape index (κ1) is 23.0. The molecule has 0 atom stereocenters. The quantitative estimate of drug-likeness (QED) is 0.393. The Morgan fingerprint density at radius 3 is 1.42 bits per heavy atom. The maximum Gasteiger partial charge on any atom is 0.127 e. The highest BCUT2D eigenvalue weighted by Crippen LogP contribution is 2.41. The molecule has 0 N–H and O–H groups in total. The maximum atomic E-state index is 6.06. The van der Waals surface area contributed by atoms with Crippen molar-refractivity contribution in [3.05, 3.63) is 66.7 Å². The molecule has 0 bridgehead atoms. The lowest BCUT2D eigenvalue weighted by atomic mass is 10.3. The van der Waals surface area contributed by atoms with Gasteiger partial charge in [0.05, 0.1) is 26.4 Å². The van der Waals surface area contributed by atoms with E-state index in [1.54, 1.807) is 0 Å². The standard InChI is InChI=1S/C26H31O4P/c1-5-27-20-14-16-23(29-7-3)25(18-20)31(22-12-10-9-11-13-22)26-19-21(28-6-2)15-17-24(26)30-8-4/h9-19H,5-8H2,1-4H3. The minimum absolute atomic E-state index is 0.593. The van der Waals surface area contributed by atoms with Crippen molar-refractivity contribution in [2.45, 2.75) is 27.7 Å². The molecule has 164 valence electrons. The minimum atomic E-state index is -0.975. The van der Waals surface area contributed by atoms with Crippen molar-refractivity contribution in [3.63, 3.8) is 0 Å². The third-order valence-corrected chi connectivity index (χ3v) is 7.06. The molecule has 0 aliphatic rings. The SMILES string of the molecule is CCOc1ccc(OCC)c(P(c2ccccc2)c2cc(OCC)ccc2OCC)c1. The Morgan fingerprint density at radius 2 is 1.00 bits per heavy atom. The van der Waals surface area contributed by atoms with E-state index in [2.05, 4.69) is 36.4 Å². The molecule has 31 heavy (non-hydrogen) atoms. The molecule has 3 rings (SSSR count). The Labute approximate surface area is 186 Å². The fraction of sp³-hybridized carbons (Fsp3) is 0.308. The van der Waals surface area contributed by atoms with Gasteiger partial charge in [-0.2, -0.15) is 0 Å². The molecule has 0 saturated heterocycles. The summed E-state index contributed by atoms with van der Waals surface area (Å²) in [6.07, 6.45) is 0. The highest BCUT2D eigenvalue weighted by molar-refractivity contribution is 7.80. The molecule has 5 heteroatoms. The molecule has 3 aromatic carbocycles. The molecule has 3 aromatic rings. The Hall–Kier alpha value is -2.71. The minimum Gasteiger partial charge on any atom is -0.494 e. The number of benzene rings is 3. The first-order valence-corrected chi connectivity index (χ1v) is 12.2. The first-order chi connectivity index (χ1) is 15.2. The summed E-state index contributed by atoms with van der Waals surface area (Å²) in [5, 5.41) is 3.41. The van der Waals surface area contributed by atoms with Crippen molar-refractivity contribution in [2.75, 3.05) is 26.4 Å². The van der Waals surface area contributed by atoms with Gasteiger partial charge in [0.2, 0.25) is 0 Å². The van der Waals surface area contributed by atoms with E-state index in [0.717, 1.165) is 33.6 Å². The second-order valence-corrected chi connectivity index (χ2v) is 8.81. The highest BCUT2D eigenvalue weighted by atomic mass is 31.1. The van der Waals surface area contributed by atoms with Crippen LogP contribution >= 0.6 is 7.92 Å². The average molecular weight is 439 g/mol. The van der Waals surface area contributed by atoms with Crippen LogP contribution in [0.2, 0.25) is 0 Å². The van der Waals surface area contributed by atoms with Crippen LogP contribution in [-0.2, 0) is 0 Å². The summed E-state index contributed by atoms with van der Waals surface area (Å²) in [6, 6.07) is 22.7. The van der Waals surface area contributed by atoms with Gasteiger partial charge in [0.1, 0.15) is 23.0 Å². The second-order valence-electron chi connectivity index (χ2n) is 6.66. The van der Waals surface area contributed by atoms with Crippen LogP contribution in [-0.4, -0.2) is 26.4 Å². The molecule has 0 aliphatic heterocycles. The van der Waals surface area contributed by atoms with Gasteiger partial charge >= 0.3 is 0 Å². The van der Waals surface area contributed by atoms with E-state index < -0.39 is 7.92 Å². The lowest BCUT2D eigenvalue weighted by molar-refractivity contribution is 0.332. The van der Waals surface area contributed by atoms with Gasteiger partial charge in [-0.1, -0.05) is 30.3 Å². The second kappa shape index (κ2) is 11.6. The molecular weight excluding hydrogens is 407 g/mol. The van der Waals surface area contributed by atoms with Crippen LogP contribution in [0.1, 0.15) is 27.7 Å². The highest BCUT2D eigenvalue weighted by Gasteiger charge is 2.25.